The van der Waals surface area contributed by atoms with Crippen LogP contribution in [0.3, 0.4) is 0 Å². The number of rotatable bonds is 3. The lowest BCUT2D eigenvalue weighted by molar-refractivity contribution is -0.120. The lowest BCUT2D eigenvalue weighted by atomic mass is 10.0. The first-order valence-electron chi connectivity index (χ1n) is 8.18. The molecule has 4 rings (SSSR count). The number of hydrogen-bond acceptors (Lipinski definition) is 3. The van der Waals surface area contributed by atoms with Crippen molar-refractivity contribution in [3.63, 3.8) is 0 Å². The Morgan fingerprint density at radius 2 is 2.12 bits per heavy atom. The number of benzene rings is 1. The zero-order chi connectivity index (χ0) is 16.5. The van der Waals surface area contributed by atoms with Gasteiger partial charge < -0.3 is 14.0 Å². The third-order valence-corrected chi connectivity index (χ3v) is 4.33. The minimum Gasteiger partial charge on any atom is -0.480 e. The van der Waals surface area contributed by atoms with Crippen molar-refractivity contribution in [2.45, 2.75) is 19.8 Å². The van der Waals surface area contributed by atoms with Crippen LogP contribution in [0, 0.1) is 6.92 Å². The summed E-state index contributed by atoms with van der Waals surface area (Å²) in [7, 11) is 0. The van der Waals surface area contributed by atoms with Gasteiger partial charge in [-0.25, -0.2) is 4.98 Å². The molecule has 5 nitrogen and oxygen atoms in total. The van der Waals surface area contributed by atoms with Crippen molar-refractivity contribution in [3.05, 3.63) is 60.0 Å². The van der Waals surface area contributed by atoms with Crippen molar-refractivity contribution in [1.82, 2.24) is 9.38 Å². The molecule has 0 saturated heterocycles. The molecule has 0 fully saturated rings. The van der Waals surface area contributed by atoms with Crippen LogP contribution in [0.5, 0.6) is 5.75 Å². The molecule has 0 bridgehead atoms. The first-order valence-corrected chi connectivity index (χ1v) is 8.18. The van der Waals surface area contributed by atoms with Crippen molar-refractivity contribution in [3.8, 4) is 5.75 Å². The highest BCUT2D eigenvalue weighted by molar-refractivity contribution is 5.95. The van der Waals surface area contributed by atoms with Crippen molar-refractivity contribution in [2.24, 2.45) is 0 Å². The normalized spacial score (nSPS) is 13.8. The summed E-state index contributed by atoms with van der Waals surface area (Å²) in [5, 5.41) is 0. The number of carbonyl (C=O) groups excluding carboxylic acids is 1. The van der Waals surface area contributed by atoms with Crippen molar-refractivity contribution >= 4 is 17.2 Å². The summed E-state index contributed by atoms with van der Waals surface area (Å²) in [6, 6.07) is 11.8. The van der Waals surface area contributed by atoms with E-state index >= 15 is 0 Å². The highest BCUT2D eigenvalue weighted by Crippen LogP contribution is 2.27. The number of nitrogens with zero attached hydrogens (tertiary/aromatic N) is 3. The standard InChI is InChI=1S/C19H19N3O2/c1-14-12-21-10-5-9-17(19(21)20-14)24-13-18(23)22-11-4-7-15-6-2-3-8-16(15)22/h2-3,5-6,8-10,12H,4,7,11,13H2,1H3. The maximum atomic E-state index is 12.6. The number of carbonyl (C=O) groups is 1. The molecule has 0 spiro atoms. The average molecular weight is 321 g/mol. The predicted octanol–water partition coefficient (Wildman–Crippen LogP) is 3.00. The van der Waals surface area contributed by atoms with Gasteiger partial charge in [0.05, 0.1) is 5.69 Å². The van der Waals surface area contributed by atoms with Gasteiger partial charge in [-0.3, -0.25) is 4.79 Å². The summed E-state index contributed by atoms with van der Waals surface area (Å²) in [5.41, 5.74) is 3.89. The Balaban J connectivity index is 1.53. The van der Waals surface area contributed by atoms with E-state index in [0.717, 1.165) is 36.4 Å². The predicted molar refractivity (Wildman–Crippen MR) is 92.5 cm³/mol. The topological polar surface area (TPSA) is 46.8 Å². The Morgan fingerprint density at radius 1 is 1.25 bits per heavy atom. The van der Waals surface area contributed by atoms with Crippen LogP contribution in [0.2, 0.25) is 0 Å². The van der Waals surface area contributed by atoms with Crippen LogP contribution in [-0.2, 0) is 11.2 Å². The minimum atomic E-state index is -0.0209. The van der Waals surface area contributed by atoms with Gasteiger partial charge in [-0.2, -0.15) is 0 Å². The van der Waals surface area contributed by atoms with Gasteiger partial charge >= 0.3 is 0 Å². The molecule has 24 heavy (non-hydrogen) atoms. The summed E-state index contributed by atoms with van der Waals surface area (Å²) < 4.78 is 7.70. The third kappa shape index (κ3) is 2.62. The molecule has 1 aromatic carbocycles. The number of imidazole rings is 1. The first-order chi connectivity index (χ1) is 11.7. The SMILES string of the molecule is Cc1cn2cccc(OCC(=O)N3CCCc4ccccc43)c2n1. The number of anilines is 1. The van der Waals surface area contributed by atoms with E-state index in [2.05, 4.69) is 11.1 Å². The van der Waals surface area contributed by atoms with Gasteiger partial charge in [-0.05, 0) is 43.5 Å². The summed E-state index contributed by atoms with van der Waals surface area (Å²) >= 11 is 0. The Morgan fingerprint density at radius 3 is 3.04 bits per heavy atom. The molecular weight excluding hydrogens is 302 g/mol. The van der Waals surface area contributed by atoms with Crippen LogP contribution in [0.4, 0.5) is 5.69 Å². The number of para-hydroxylation sites is 1. The number of aromatic nitrogens is 2. The molecule has 3 aromatic rings. The summed E-state index contributed by atoms with van der Waals surface area (Å²) in [4.78, 5) is 18.9. The minimum absolute atomic E-state index is 0.0138. The number of hydrogen-bond donors (Lipinski definition) is 0. The zero-order valence-electron chi connectivity index (χ0n) is 13.6. The molecule has 0 radical (unpaired) electrons. The quantitative estimate of drug-likeness (QED) is 0.745. The fourth-order valence-electron chi connectivity index (χ4n) is 3.23. The Hall–Kier alpha value is -2.82. The fourth-order valence-corrected chi connectivity index (χ4v) is 3.23. The van der Waals surface area contributed by atoms with E-state index in [1.807, 2.05) is 58.9 Å². The lowest BCUT2D eigenvalue weighted by Crippen LogP contribution is -2.38. The van der Waals surface area contributed by atoms with Gasteiger partial charge in [-0.15, -0.1) is 0 Å². The van der Waals surface area contributed by atoms with E-state index in [-0.39, 0.29) is 12.5 Å². The van der Waals surface area contributed by atoms with Gasteiger partial charge in [0.15, 0.2) is 18.0 Å². The zero-order valence-corrected chi connectivity index (χ0v) is 13.6. The second-order valence-corrected chi connectivity index (χ2v) is 6.05. The summed E-state index contributed by atoms with van der Waals surface area (Å²) in [6.45, 7) is 2.69. The van der Waals surface area contributed by atoms with Crippen molar-refractivity contribution in [1.29, 1.82) is 0 Å². The molecule has 5 heteroatoms. The maximum Gasteiger partial charge on any atom is 0.264 e. The average Bonchev–Trinajstić information content (AvgIpc) is 3.00. The van der Waals surface area contributed by atoms with Crippen LogP contribution in [0.15, 0.2) is 48.8 Å². The number of ether oxygens (including phenoxy) is 1. The van der Waals surface area contributed by atoms with Gasteiger partial charge in [0, 0.05) is 24.6 Å². The molecule has 3 heterocycles. The molecule has 0 N–H and O–H groups in total. The Labute approximate surface area is 140 Å². The molecule has 1 aliphatic heterocycles. The van der Waals surface area contributed by atoms with E-state index in [4.69, 9.17) is 4.74 Å². The van der Waals surface area contributed by atoms with Crippen LogP contribution in [-0.4, -0.2) is 28.4 Å². The Kier molecular flexibility index (Phi) is 3.69. The second kappa shape index (κ2) is 6.00. The van der Waals surface area contributed by atoms with Crippen LogP contribution < -0.4 is 9.64 Å². The number of pyridine rings is 1. The number of fused-ring (bicyclic) bond motifs is 2. The molecule has 0 atom stereocenters. The number of aryl methyl sites for hydroxylation is 2. The van der Waals surface area contributed by atoms with E-state index in [1.165, 1.54) is 5.56 Å². The van der Waals surface area contributed by atoms with Crippen molar-refractivity contribution < 1.29 is 9.53 Å². The molecule has 0 unspecified atom stereocenters. The highest BCUT2D eigenvalue weighted by atomic mass is 16.5. The first kappa shape index (κ1) is 14.8. The van der Waals surface area contributed by atoms with Crippen LogP contribution in [0.25, 0.3) is 5.65 Å². The maximum absolute atomic E-state index is 12.6. The lowest BCUT2D eigenvalue weighted by Gasteiger charge is -2.29. The van der Waals surface area contributed by atoms with Crippen LogP contribution in [0.1, 0.15) is 17.7 Å². The molecule has 2 aromatic heterocycles. The fraction of sp³-hybridized carbons (Fsp3) is 0.263. The second-order valence-electron chi connectivity index (χ2n) is 6.05. The van der Waals surface area contributed by atoms with E-state index in [1.54, 1.807) is 0 Å². The molecule has 1 aliphatic rings. The van der Waals surface area contributed by atoms with E-state index in [9.17, 15) is 4.79 Å². The molecule has 0 aliphatic carbocycles. The molecule has 1 amide bonds. The number of amides is 1. The van der Waals surface area contributed by atoms with Crippen molar-refractivity contribution in [2.75, 3.05) is 18.1 Å². The summed E-state index contributed by atoms with van der Waals surface area (Å²) in [6.07, 6.45) is 5.86. The largest absolute Gasteiger partial charge is 0.480 e. The van der Waals surface area contributed by atoms with E-state index in [0.29, 0.717) is 5.75 Å². The van der Waals surface area contributed by atoms with Gasteiger partial charge in [0.1, 0.15) is 0 Å². The monoisotopic (exact) mass is 321 g/mol. The third-order valence-electron chi connectivity index (χ3n) is 4.33. The van der Waals surface area contributed by atoms with Gasteiger partial charge in [0.25, 0.3) is 5.91 Å². The molecule has 122 valence electrons. The highest BCUT2D eigenvalue weighted by Gasteiger charge is 2.22. The van der Waals surface area contributed by atoms with Gasteiger partial charge in [-0.1, -0.05) is 18.2 Å². The smallest absolute Gasteiger partial charge is 0.264 e. The molecular formula is C19H19N3O2. The Bertz CT molecular complexity index is 901. The van der Waals surface area contributed by atoms with E-state index < -0.39 is 0 Å². The molecule has 0 saturated carbocycles. The summed E-state index contributed by atoms with van der Waals surface area (Å²) in [5.74, 6) is 0.608. The van der Waals surface area contributed by atoms with Crippen LogP contribution >= 0.6 is 0 Å². The van der Waals surface area contributed by atoms with Gasteiger partial charge in [0.2, 0.25) is 0 Å².